The molecule has 612 valence electrons. The van der Waals surface area contributed by atoms with Crippen molar-refractivity contribution in [1.82, 2.24) is 26.6 Å². The van der Waals surface area contributed by atoms with Crippen LogP contribution in [0.1, 0.15) is 169 Å². The largest absolute Gasteiger partial charge is 0.508 e. The summed E-state index contributed by atoms with van der Waals surface area (Å²) >= 11 is 14.3. The van der Waals surface area contributed by atoms with Gasteiger partial charge in [-0.2, -0.15) is 0 Å². The molecule has 0 spiro atoms. The number of unbranched alkanes of at least 4 members (excludes halogenated alkanes) is 1. The number of ether oxygens (including phenoxy) is 5. The van der Waals surface area contributed by atoms with Crippen LogP contribution in [0.2, 0.25) is 10.0 Å². The Kier molecular flexibility index (Phi) is 25.4. The molecule has 31 heteroatoms. The number of Topliss-reactive ketones (excluding diaryl/α,β-unsaturated/α-hetero) is 3. The van der Waals surface area contributed by atoms with Crippen molar-refractivity contribution >= 4 is 81.8 Å². The monoisotopic (exact) mass is 1620 g/mol. The van der Waals surface area contributed by atoms with Crippen molar-refractivity contribution in [3.05, 3.63) is 141 Å². The fourth-order valence-electron chi connectivity index (χ4n) is 17.6. The molecule has 4 saturated carbocycles. The molecule has 15 bridgehead atoms. The molecule has 0 aromatic heterocycles. The molecule has 1 saturated heterocycles. The van der Waals surface area contributed by atoms with Gasteiger partial charge >= 0.3 is 6.03 Å². The van der Waals surface area contributed by atoms with E-state index in [1.807, 2.05) is 20.8 Å². The molecule has 14 atom stereocenters. The van der Waals surface area contributed by atoms with Gasteiger partial charge in [-0.25, -0.2) is 4.79 Å². The second-order valence-electron chi connectivity index (χ2n) is 31.8. The van der Waals surface area contributed by atoms with Gasteiger partial charge < -0.3 is 96.9 Å². The van der Waals surface area contributed by atoms with E-state index in [9.17, 15) is 55.2 Å². The van der Waals surface area contributed by atoms with Crippen molar-refractivity contribution in [2.75, 3.05) is 18.5 Å². The van der Waals surface area contributed by atoms with E-state index in [0.29, 0.717) is 30.6 Å². The van der Waals surface area contributed by atoms with Crippen LogP contribution >= 0.6 is 23.2 Å². The number of aliphatic hydroxyl groups excluding tert-OH is 5. The maximum absolute atomic E-state index is 16.5. The van der Waals surface area contributed by atoms with Crippen molar-refractivity contribution < 1.29 is 108 Å². The number of benzene rings is 6. The number of nitrogens with two attached hydrogens (primary N) is 1. The first-order chi connectivity index (χ1) is 54.9. The summed E-state index contributed by atoms with van der Waals surface area (Å²) in [4.78, 5) is 138. The number of ketones is 3. The number of halogens is 2. The van der Waals surface area contributed by atoms with Crippen LogP contribution in [-0.4, -0.2) is 150 Å². The minimum Gasteiger partial charge on any atom is -0.508 e. The van der Waals surface area contributed by atoms with Crippen LogP contribution < -0.4 is 56.6 Å². The van der Waals surface area contributed by atoms with E-state index in [1.165, 1.54) is 60.7 Å². The number of hydrogen-bond acceptors (Lipinski definition) is 23. The van der Waals surface area contributed by atoms with E-state index in [0.717, 1.165) is 75.3 Å². The first kappa shape index (κ1) is 83.0. The number of aromatic hydroxyl groups is 3. The Balaban J connectivity index is 0.986. The quantitative estimate of drug-likeness (QED) is 0.0356. The molecule has 5 fully saturated rings. The highest BCUT2D eigenvalue weighted by Gasteiger charge is 2.51. The van der Waals surface area contributed by atoms with Gasteiger partial charge in [-0.05, 0) is 194 Å². The summed E-state index contributed by atoms with van der Waals surface area (Å²) in [5.74, 6) is -15.3. The highest BCUT2D eigenvalue weighted by atomic mass is 35.5. The number of carbonyl (C=O) groups excluding carboxylic acids is 9. The van der Waals surface area contributed by atoms with Crippen LogP contribution in [-0.2, 0) is 43.1 Å². The molecular weight excluding hydrogens is 1530 g/mol. The first-order valence-electron chi connectivity index (χ1n) is 39.0. The highest BCUT2D eigenvalue weighted by molar-refractivity contribution is 6.32. The van der Waals surface area contributed by atoms with Crippen molar-refractivity contribution in [3.63, 3.8) is 0 Å². The van der Waals surface area contributed by atoms with E-state index in [-0.39, 0.29) is 103 Å². The minimum absolute atomic E-state index is 0.0341. The van der Waals surface area contributed by atoms with Crippen LogP contribution in [0.15, 0.2) is 103 Å². The number of fused-ring (bicyclic) bond motifs is 15. The molecule has 0 radical (unpaired) electrons. The summed E-state index contributed by atoms with van der Waals surface area (Å²) in [6.45, 7) is 7.50. The molecule has 6 heterocycles. The number of imide groups is 1. The van der Waals surface area contributed by atoms with Gasteiger partial charge in [0.1, 0.15) is 95.3 Å². The zero-order chi connectivity index (χ0) is 82.1. The topological polar surface area (TPSA) is 460 Å². The molecule has 29 nitrogen and oxygen atoms in total. The molecule has 1 unspecified atom stereocenters. The molecule has 16 N–H and O–H groups in total. The number of rotatable bonds is 18. The van der Waals surface area contributed by atoms with Crippen LogP contribution in [0, 0.1) is 47.3 Å². The number of phenols is 3. The number of amides is 7. The van der Waals surface area contributed by atoms with Crippen LogP contribution in [0.3, 0.4) is 0 Å². The van der Waals surface area contributed by atoms with Crippen LogP contribution in [0.4, 0.5) is 10.5 Å². The lowest BCUT2D eigenvalue weighted by atomic mass is 9.51. The molecule has 4 aliphatic carbocycles. The van der Waals surface area contributed by atoms with Crippen molar-refractivity contribution in [3.8, 4) is 62.9 Å². The van der Waals surface area contributed by atoms with E-state index in [4.69, 9.17) is 52.6 Å². The van der Waals surface area contributed by atoms with Crippen molar-refractivity contribution in [2.24, 2.45) is 53.1 Å². The maximum atomic E-state index is 16.5. The van der Waals surface area contributed by atoms with Gasteiger partial charge in [0.2, 0.25) is 41.6 Å². The van der Waals surface area contributed by atoms with Gasteiger partial charge in [0, 0.05) is 61.0 Å². The fourth-order valence-corrected chi connectivity index (χ4v) is 18.0. The Morgan fingerprint density at radius 2 is 1.30 bits per heavy atom. The fraction of sp³-hybridized carbons (Fsp3) is 0.464. The standard InChI is InChI=1S/C84H95Cl2N7O22/c1-5-7-18-111-50-13-11-48(12-14-50)88-84(110)89-67(100)31-47-28-59(97)71(92-79(106)40(6-2)19-37(3)4)73(101)42-9-16-62(55(85)26-42)112-64-29-46-30-65(78(64)115-83-77(105)76(104)75(103)66(36-87)114-83)113-63-17-10-43(27-56(63)86)74(102)72-82(109)91-70(61(99)34-51-44-21-38-20-39(23-44)24-45(51)22-38)54-32-49(94)33-58(96)68(54)53-25-41(8-15-57(53)95)52(81(108)93-72)35-60(98)69(46)90-80(47)107/h8-17,25-27,29-30,32-33,37-40,44-45,47,51-52,66,69-77,83,94-96,101-105H,5-7,18-24,28,31,34-36,87H2,1-4H3,(H,90,107)(H,91,109)(H,92,106)(H,93,108)(H2,88,89,100,110)/t38?,39?,40-,44?,45?,47+,51?,52-,66-,69?,70+,71+,72+,73-,74-,75-,76+,77-,83+/m1/s1. The van der Waals surface area contributed by atoms with Gasteiger partial charge in [-0.15, -0.1) is 0 Å². The Bertz CT molecular complexity index is 4710. The van der Waals surface area contributed by atoms with Crippen molar-refractivity contribution in [2.45, 2.75) is 184 Å². The molecule has 6 aromatic rings. The van der Waals surface area contributed by atoms with Crippen LogP contribution in [0.25, 0.3) is 11.1 Å². The number of carbonyl (C=O) groups is 9. The average Bonchev–Trinajstić information content (AvgIpc) is 0.760. The molecule has 10 aliphatic rings. The first-order valence-corrected chi connectivity index (χ1v) is 39.8. The number of phenolic OH excluding ortho intramolecular Hbond substituents is 3. The Morgan fingerprint density at radius 1 is 0.652 bits per heavy atom. The second-order valence-corrected chi connectivity index (χ2v) is 32.6. The SMILES string of the molecule is CCCCOc1ccc(NC(=O)NC(=O)C[C@@H]2CC(=O)[C@H](NC(=O)[C@H](CC)CC(C)C)[C@H](O)c3ccc(c(Cl)c3)Oc3cc4cc(c3O[C@@H]3O[C@H](CN)[C@@H](O)[C@H](O)[C@H]3O)Oc3ccc(cc3Cl)[C@@H](O)[C@@H]3NC(=O)[C@H](CC(=O)C4NC2=O)c2ccc(O)c(c2)-c2c(O)cc(O)cc2[C@@H](C(=O)CC2C4CC5CC(C4)CC2C5)NC3=O)cc1. The Morgan fingerprint density at radius 3 is 1.91 bits per heavy atom. The van der Waals surface area contributed by atoms with E-state index in [1.54, 1.807) is 19.1 Å². The number of aliphatic hydroxyl groups is 5. The second kappa shape index (κ2) is 35.2. The lowest BCUT2D eigenvalue weighted by molar-refractivity contribution is -0.270. The summed E-state index contributed by atoms with van der Waals surface area (Å²) in [6, 6.07) is 12.4. The van der Waals surface area contributed by atoms with Gasteiger partial charge in [-0.1, -0.05) is 75.5 Å². The van der Waals surface area contributed by atoms with E-state index < -0.39 is 198 Å². The number of nitrogens with one attached hydrogen (secondary N) is 6. The predicted octanol–water partition coefficient (Wildman–Crippen LogP) is 9.24. The molecule has 6 aliphatic heterocycles. The van der Waals surface area contributed by atoms with Gasteiger partial charge in [-0.3, -0.25) is 43.7 Å². The zero-order valence-corrected chi connectivity index (χ0v) is 65.1. The summed E-state index contributed by atoms with van der Waals surface area (Å²) in [5, 5.41) is 110. The maximum Gasteiger partial charge on any atom is 0.325 e. The number of anilines is 1. The summed E-state index contributed by atoms with van der Waals surface area (Å²) in [7, 11) is 0. The normalized spacial score (nSPS) is 28.0. The minimum atomic E-state index is -2.21. The predicted molar refractivity (Wildman–Crippen MR) is 416 cm³/mol. The van der Waals surface area contributed by atoms with Gasteiger partial charge in [0.15, 0.2) is 28.8 Å². The Labute approximate surface area is 672 Å². The third kappa shape index (κ3) is 18.2. The third-order valence-electron chi connectivity index (χ3n) is 23.3. The lowest BCUT2D eigenvalue weighted by Gasteiger charge is -2.54. The third-order valence-corrected chi connectivity index (χ3v) is 23.9. The van der Waals surface area contributed by atoms with Gasteiger partial charge in [0.25, 0.3) is 0 Å². The molecule has 7 amide bonds. The van der Waals surface area contributed by atoms with Gasteiger partial charge in [0.05, 0.1) is 28.5 Å². The molecule has 115 heavy (non-hydrogen) atoms. The molecular formula is C84H95Cl2N7O22. The number of hydrogen-bond donors (Lipinski definition) is 15. The lowest BCUT2D eigenvalue weighted by Crippen LogP contribution is -2.60. The molecule has 16 rings (SSSR count). The Hall–Kier alpha value is -9.95. The summed E-state index contributed by atoms with van der Waals surface area (Å²) in [5.41, 5.74) is 4.68. The number of urea groups is 1. The van der Waals surface area contributed by atoms with E-state index >= 15 is 28.8 Å². The zero-order valence-electron chi connectivity index (χ0n) is 63.6. The summed E-state index contributed by atoms with van der Waals surface area (Å²) < 4.78 is 31.5. The smallest absolute Gasteiger partial charge is 0.325 e. The summed E-state index contributed by atoms with van der Waals surface area (Å²) in [6.07, 6.45) is -9.55. The average molecular weight is 1630 g/mol. The van der Waals surface area contributed by atoms with E-state index in [2.05, 4.69) is 31.9 Å². The highest BCUT2D eigenvalue weighted by Crippen LogP contribution is 2.58. The molecule has 6 aromatic carbocycles. The van der Waals surface area contributed by atoms with Crippen LogP contribution in [0.5, 0.6) is 51.7 Å². The van der Waals surface area contributed by atoms with Crippen molar-refractivity contribution in [1.29, 1.82) is 0 Å².